The van der Waals surface area contributed by atoms with Gasteiger partial charge in [-0.05, 0) is 50.9 Å². The lowest BCUT2D eigenvalue weighted by molar-refractivity contribution is 0.126. The van der Waals surface area contributed by atoms with E-state index in [4.69, 9.17) is 0 Å². The van der Waals surface area contributed by atoms with Crippen molar-refractivity contribution in [3.63, 3.8) is 0 Å². The molecule has 0 spiro atoms. The molecule has 0 amide bonds. The normalized spacial score (nSPS) is 21.2. The fourth-order valence-corrected chi connectivity index (χ4v) is 3.70. The Morgan fingerprint density at radius 1 is 1.19 bits per heavy atom. The molecule has 0 heterocycles. The van der Waals surface area contributed by atoms with Crippen molar-refractivity contribution in [2.24, 2.45) is 0 Å². The van der Waals surface area contributed by atoms with E-state index < -0.39 is 0 Å². The quantitative estimate of drug-likeness (QED) is 0.723. The maximum absolute atomic E-state index is 3.73. The van der Waals surface area contributed by atoms with E-state index in [1.165, 1.54) is 43.4 Å². The smallest absolute Gasteiger partial charge is 0.0484 e. The van der Waals surface area contributed by atoms with E-state index in [1.807, 2.05) is 0 Å². The summed E-state index contributed by atoms with van der Waals surface area (Å²) < 4.78 is 0. The second-order valence-electron chi connectivity index (χ2n) is 6.54. The molecular weight excluding hydrogens is 256 g/mol. The number of unbranched alkanes of at least 4 members (excludes halogenated alkanes) is 2. The van der Waals surface area contributed by atoms with Gasteiger partial charge in [0.05, 0.1) is 0 Å². The van der Waals surface area contributed by atoms with Gasteiger partial charge in [-0.1, -0.05) is 51.0 Å². The predicted octanol–water partition coefficient (Wildman–Crippen LogP) is 4.16. The van der Waals surface area contributed by atoms with E-state index in [0.29, 0.717) is 18.1 Å². The van der Waals surface area contributed by atoms with Crippen LogP contribution in [0.4, 0.5) is 0 Å². The maximum atomic E-state index is 3.73. The highest BCUT2D eigenvalue weighted by molar-refractivity contribution is 5.37. The Morgan fingerprint density at radius 3 is 2.62 bits per heavy atom. The lowest BCUT2D eigenvalue weighted by Crippen LogP contribution is -2.46. The highest BCUT2D eigenvalue weighted by atomic mass is 15.2. The molecule has 0 saturated heterocycles. The van der Waals surface area contributed by atoms with Crippen molar-refractivity contribution in [1.29, 1.82) is 0 Å². The molecule has 1 N–H and O–H groups in total. The molecule has 2 atom stereocenters. The fourth-order valence-electron chi connectivity index (χ4n) is 3.70. The third-order valence-electron chi connectivity index (χ3n) is 4.74. The Kier molecular flexibility index (Phi) is 6.25. The Balaban J connectivity index is 2.16. The zero-order chi connectivity index (χ0) is 15.2. The van der Waals surface area contributed by atoms with Crippen LogP contribution in [0.2, 0.25) is 0 Å². The zero-order valence-corrected chi connectivity index (χ0v) is 14.2. The Morgan fingerprint density at radius 2 is 1.95 bits per heavy atom. The first kappa shape index (κ1) is 16.5. The summed E-state index contributed by atoms with van der Waals surface area (Å²) in [7, 11) is 0. The summed E-state index contributed by atoms with van der Waals surface area (Å²) in [6.07, 6.45) is 5.15. The summed E-state index contributed by atoms with van der Waals surface area (Å²) in [4.78, 5) is 2.73. The van der Waals surface area contributed by atoms with Crippen LogP contribution in [0.3, 0.4) is 0 Å². The van der Waals surface area contributed by atoms with E-state index in [2.05, 4.69) is 62.2 Å². The molecule has 1 aromatic carbocycles. The third-order valence-corrected chi connectivity index (χ3v) is 4.74. The van der Waals surface area contributed by atoms with Crippen LogP contribution in [0.1, 0.15) is 64.1 Å². The molecule has 0 radical (unpaired) electrons. The third kappa shape index (κ3) is 3.87. The molecule has 1 aliphatic carbocycles. The van der Waals surface area contributed by atoms with Crippen LogP contribution in [0.15, 0.2) is 24.3 Å². The van der Waals surface area contributed by atoms with Gasteiger partial charge in [0.1, 0.15) is 0 Å². The number of hydrogen-bond donors (Lipinski definition) is 1. The van der Waals surface area contributed by atoms with Crippen LogP contribution in [0, 0.1) is 0 Å². The fraction of sp³-hybridized carbons (Fsp3) is 0.684. The molecule has 2 rings (SSSR count). The Hall–Kier alpha value is -0.860. The predicted molar refractivity (Wildman–Crippen MR) is 91.7 cm³/mol. The average molecular weight is 288 g/mol. The molecular formula is C19H32N2. The SMILES string of the molecule is CCCCCN(C(C)C)C1Cc2ccccc2C1NCC. The van der Waals surface area contributed by atoms with E-state index in [0.717, 1.165) is 6.54 Å². The van der Waals surface area contributed by atoms with Gasteiger partial charge >= 0.3 is 0 Å². The van der Waals surface area contributed by atoms with E-state index in [1.54, 1.807) is 0 Å². The first-order chi connectivity index (χ1) is 10.2. The molecule has 2 heteroatoms. The Bertz CT molecular complexity index is 427. The summed E-state index contributed by atoms with van der Waals surface area (Å²) >= 11 is 0. The van der Waals surface area contributed by atoms with Gasteiger partial charge in [0, 0.05) is 18.1 Å². The lowest BCUT2D eigenvalue weighted by Gasteiger charge is -2.36. The molecule has 21 heavy (non-hydrogen) atoms. The average Bonchev–Trinajstić information content (AvgIpc) is 2.82. The topological polar surface area (TPSA) is 15.3 Å². The number of nitrogens with zero attached hydrogens (tertiary/aromatic N) is 1. The van der Waals surface area contributed by atoms with Gasteiger partial charge in [-0.3, -0.25) is 4.90 Å². The van der Waals surface area contributed by atoms with Crippen LogP contribution >= 0.6 is 0 Å². The van der Waals surface area contributed by atoms with Gasteiger partial charge in [0.2, 0.25) is 0 Å². The first-order valence-corrected chi connectivity index (χ1v) is 8.75. The second-order valence-corrected chi connectivity index (χ2v) is 6.54. The van der Waals surface area contributed by atoms with Gasteiger partial charge in [-0.25, -0.2) is 0 Å². The first-order valence-electron chi connectivity index (χ1n) is 8.75. The molecule has 2 unspecified atom stereocenters. The number of benzene rings is 1. The number of hydrogen-bond acceptors (Lipinski definition) is 2. The van der Waals surface area contributed by atoms with Crippen molar-refractivity contribution >= 4 is 0 Å². The molecule has 0 bridgehead atoms. The van der Waals surface area contributed by atoms with Crippen molar-refractivity contribution in [3.05, 3.63) is 35.4 Å². The van der Waals surface area contributed by atoms with Gasteiger partial charge in [0.25, 0.3) is 0 Å². The number of rotatable bonds is 8. The summed E-state index contributed by atoms with van der Waals surface area (Å²) in [5, 5.41) is 3.73. The van der Waals surface area contributed by atoms with Crippen LogP contribution in [-0.2, 0) is 6.42 Å². The highest BCUT2D eigenvalue weighted by Gasteiger charge is 2.36. The maximum Gasteiger partial charge on any atom is 0.0484 e. The van der Waals surface area contributed by atoms with Crippen molar-refractivity contribution in [3.8, 4) is 0 Å². The van der Waals surface area contributed by atoms with Crippen molar-refractivity contribution < 1.29 is 0 Å². The molecule has 0 aromatic heterocycles. The summed E-state index contributed by atoms with van der Waals surface area (Å²) in [5.74, 6) is 0. The van der Waals surface area contributed by atoms with Crippen LogP contribution in [0.5, 0.6) is 0 Å². The molecule has 118 valence electrons. The molecule has 2 nitrogen and oxygen atoms in total. The number of likely N-dealkylation sites (N-methyl/N-ethyl adjacent to an activating group) is 1. The largest absolute Gasteiger partial charge is 0.309 e. The van der Waals surface area contributed by atoms with Crippen molar-refractivity contribution in [1.82, 2.24) is 10.2 Å². The second kappa shape index (κ2) is 7.95. The highest BCUT2D eigenvalue weighted by Crippen LogP contribution is 2.35. The van der Waals surface area contributed by atoms with Crippen molar-refractivity contribution in [2.75, 3.05) is 13.1 Å². The molecule has 0 aliphatic heterocycles. The van der Waals surface area contributed by atoms with E-state index in [9.17, 15) is 0 Å². The van der Waals surface area contributed by atoms with Crippen LogP contribution in [0.25, 0.3) is 0 Å². The minimum atomic E-state index is 0.496. The van der Waals surface area contributed by atoms with E-state index in [-0.39, 0.29) is 0 Å². The van der Waals surface area contributed by atoms with Gasteiger partial charge < -0.3 is 5.32 Å². The molecule has 0 saturated carbocycles. The number of nitrogens with one attached hydrogen (secondary N) is 1. The van der Waals surface area contributed by atoms with Crippen LogP contribution < -0.4 is 5.32 Å². The van der Waals surface area contributed by atoms with Gasteiger partial charge in [0.15, 0.2) is 0 Å². The molecule has 1 aromatic rings. The monoisotopic (exact) mass is 288 g/mol. The molecule has 1 aliphatic rings. The minimum absolute atomic E-state index is 0.496. The minimum Gasteiger partial charge on any atom is -0.309 e. The summed E-state index contributed by atoms with van der Waals surface area (Å²) in [6, 6.07) is 10.7. The lowest BCUT2D eigenvalue weighted by atomic mass is 10.0. The standard InChI is InChI=1S/C19H32N2/c1-5-7-10-13-21(15(3)4)18-14-16-11-8-9-12-17(16)19(18)20-6-2/h8-9,11-12,15,18-20H,5-7,10,13-14H2,1-4H3. The van der Waals surface area contributed by atoms with Gasteiger partial charge in [-0.15, -0.1) is 0 Å². The van der Waals surface area contributed by atoms with Crippen molar-refractivity contribution in [2.45, 2.75) is 71.5 Å². The zero-order valence-electron chi connectivity index (χ0n) is 14.2. The van der Waals surface area contributed by atoms with Crippen LogP contribution in [-0.4, -0.2) is 30.1 Å². The summed E-state index contributed by atoms with van der Waals surface area (Å²) in [5.41, 5.74) is 3.06. The summed E-state index contributed by atoms with van der Waals surface area (Å²) in [6.45, 7) is 11.5. The van der Waals surface area contributed by atoms with Gasteiger partial charge in [-0.2, -0.15) is 0 Å². The Labute approximate surface area is 130 Å². The number of fused-ring (bicyclic) bond motifs is 1. The molecule has 0 fully saturated rings. The van der Waals surface area contributed by atoms with E-state index >= 15 is 0 Å².